The molecule has 7 nitrogen and oxygen atoms in total. The average Bonchev–Trinajstić information content (AvgIpc) is 3.49. The van der Waals surface area contributed by atoms with Gasteiger partial charge in [0.25, 0.3) is 0 Å². The van der Waals surface area contributed by atoms with Crippen LogP contribution in [0.5, 0.6) is 0 Å². The van der Waals surface area contributed by atoms with Gasteiger partial charge in [0.1, 0.15) is 6.54 Å². The van der Waals surface area contributed by atoms with E-state index in [4.69, 9.17) is 4.98 Å². The zero-order valence-corrected chi connectivity index (χ0v) is 23.5. The largest absolute Gasteiger partial charge is 0.416 e. The predicted molar refractivity (Wildman–Crippen MR) is 151 cm³/mol. The maximum absolute atomic E-state index is 14.0. The summed E-state index contributed by atoms with van der Waals surface area (Å²) in [6.45, 7) is 8.43. The molecule has 4 aromatic rings. The molecule has 2 aliphatic rings. The van der Waals surface area contributed by atoms with Crippen molar-refractivity contribution in [3.63, 3.8) is 0 Å². The number of benzene rings is 2. The third-order valence-corrected chi connectivity index (χ3v) is 9.02. The number of carbonyl (C=O) groups excluding carboxylic acids is 1. The molecule has 40 heavy (non-hydrogen) atoms. The van der Waals surface area contributed by atoms with Gasteiger partial charge in [0.05, 0.1) is 21.5 Å². The molecular formula is C29H31F3N6OS. The Bertz CT molecular complexity index is 1540. The van der Waals surface area contributed by atoms with Crippen molar-refractivity contribution in [3.05, 3.63) is 70.5 Å². The number of piperazine rings is 1. The van der Waals surface area contributed by atoms with Crippen molar-refractivity contribution in [2.75, 3.05) is 36.0 Å². The van der Waals surface area contributed by atoms with E-state index < -0.39 is 11.7 Å². The number of amides is 1. The van der Waals surface area contributed by atoms with Crippen molar-refractivity contribution in [2.24, 2.45) is 0 Å². The van der Waals surface area contributed by atoms with Gasteiger partial charge in [0.2, 0.25) is 5.91 Å². The third kappa shape index (κ3) is 4.91. The highest BCUT2D eigenvalue weighted by atomic mass is 32.1. The molecule has 4 heterocycles. The molecule has 2 aromatic carbocycles. The Hall–Kier alpha value is -3.60. The molecule has 1 atom stereocenters. The lowest BCUT2D eigenvalue weighted by atomic mass is 9.91. The predicted octanol–water partition coefficient (Wildman–Crippen LogP) is 5.43. The van der Waals surface area contributed by atoms with E-state index in [2.05, 4.69) is 14.9 Å². The summed E-state index contributed by atoms with van der Waals surface area (Å²) < 4.78 is 44.9. The zero-order chi connectivity index (χ0) is 28.2. The first-order chi connectivity index (χ1) is 19.1. The Kier molecular flexibility index (Phi) is 6.72. The normalized spacial score (nSPS) is 17.9. The highest BCUT2D eigenvalue weighted by molar-refractivity contribution is 7.22. The van der Waals surface area contributed by atoms with E-state index in [1.54, 1.807) is 22.1 Å². The number of hydrogen-bond donors (Lipinski definition) is 0. The van der Waals surface area contributed by atoms with E-state index in [1.807, 2.05) is 56.0 Å². The van der Waals surface area contributed by atoms with Gasteiger partial charge < -0.3 is 14.7 Å². The molecule has 0 radical (unpaired) electrons. The van der Waals surface area contributed by atoms with Gasteiger partial charge in [-0.1, -0.05) is 23.5 Å². The summed E-state index contributed by atoms with van der Waals surface area (Å²) >= 11 is 1.56. The second-order valence-electron chi connectivity index (χ2n) is 10.7. The molecular weight excluding hydrogens is 537 g/mol. The molecule has 0 N–H and O–H groups in total. The fourth-order valence-corrected chi connectivity index (χ4v) is 6.97. The number of para-hydroxylation sites is 1. The van der Waals surface area contributed by atoms with Gasteiger partial charge >= 0.3 is 6.18 Å². The number of carbonyl (C=O) groups is 1. The standard InChI is InChI=1S/C29H31F3N6OS/c1-18-14-19(2)38(34-18)17-27(39)37-13-12-35(15-20(37)3)25-9-8-23(29(30,31)32)21-10-11-36(16-22(21)25)28-33-24-6-4-5-7-26(24)40-28/h4-9,14,20H,10-13,15-17H2,1-3H3/t20-/m1/s1. The quantitative estimate of drug-likeness (QED) is 0.329. The summed E-state index contributed by atoms with van der Waals surface area (Å²) in [6.07, 6.45) is -4.12. The van der Waals surface area contributed by atoms with Crippen LogP contribution in [-0.2, 0) is 30.5 Å². The molecule has 1 fully saturated rings. The first kappa shape index (κ1) is 26.6. The Morgan fingerprint density at radius 3 is 2.55 bits per heavy atom. The Balaban J connectivity index is 1.26. The van der Waals surface area contributed by atoms with E-state index in [1.165, 1.54) is 6.07 Å². The van der Waals surface area contributed by atoms with Crippen molar-refractivity contribution in [1.29, 1.82) is 0 Å². The van der Waals surface area contributed by atoms with Gasteiger partial charge in [0.15, 0.2) is 5.13 Å². The summed E-state index contributed by atoms with van der Waals surface area (Å²) in [5.41, 5.74) is 4.04. The minimum absolute atomic E-state index is 0.00481. The molecule has 0 bridgehead atoms. The summed E-state index contributed by atoms with van der Waals surface area (Å²) in [7, 11) is 0. The second-order valence-corrected chi connectivity index (χ2v) is 11.7. The third-order valence-electron chi connectivity index (χ3n) is 7.92. The number of aryl methyl sites for hydroxylation is 2. The summed E-state index contributed by atoms with van der Waals surface area (Å²) in [6, 6.07) is 12.6. The van der Waals surface area contributed by atoms with E-state index in [0.717, 1.165) is 32.4 Å². The van der Waals surface area contributed by atoms with Crippen LogP contribution in [0.25, 0.3) is 10.2 Å². The van der Waals surface area contributed by atoms with Crippen LogP contribution in [0.15, 0.2) is 42.5 Å². The number of anilines is 2. The van der Waals surface area contributed by atoms with Crippen LogP contribution in [0.1, 0.15) is 35.0 Å². The molecule has 0 aliphatic carbocycles. The lowest BCUT2D eigenvalue weighted by molar-refractivity contribution is -0.138. The zero-order valence-electron chi connectivity index (χ0n) is 22.7. The maximum Gasteiger partial charge on any atom is 0.416 e. The number of alkyl halides is 3. The van der Waals surface area contributed by atoms with Gasteiger partial charge in [-0.3, -0.25) is 9.48 Å². The van der Waals surface area contributed by atoms with E-state index in [-0.39, 0.29) is 18.5 Å². The number of thiazole rings is 1. The van der Waals surface area contributed by atoms with Crippen molar-refractivity contribution >= 4 is 38.3 Å². The fraction of sp³-hybridized carbons (Fsp3) is 0.414. The molecule has 2 aliphatic heterocycles. The van der Waals surface area contributed by atoms with E-state index in [9.17, 15) is 18.0 Å². The van der Waals surface area contributed by atoms with Crippen LogP contribution in [0.3, 0.4) is 0 Å². The van der Waals surface area contributed by atoms with E-state index >= 15 is 0 Å². The van der Waals surface area contributed by atoms with Crippen LogP contribution in [0.2, 0.25) is 0 Å². The second kappa shape index (κ2) is 10.1. The monoisotopic (exact) mass is 568 g/mol. The number of halogens is 3. The molecule has 1 saturated heterocycles. The minimum atomic E-state index is -4.41. The van der Waals surface area contributed by atoms with Gasteiger partial charge in [-0.15, -0.1) is 0 Å². The number of fused-ring (bicyclic) bond motifs is 2. The van der Waals surface area contributed by atoms with Gasteiger partial charge in [-0.25, -0.2) is 4.98 Å². The average molecular weight is 569 g/mol. The number of hydrogen-bond acceptors (Lipinski definition) is 6. The minimum Gasteiger partial charge on any atom is -0.367 e. The van der Waals surface area contributed by atoms with Gasteiger partial charge in [-0.05, 0) is 68.7 Å². The number of aromatic nitrogens is 3. The topological polar surface area (TPSA) is 57.5 Å². The van der Waals surface area contributed by atoms with Gasteiger partial charge in [-0.2, -0.15) is 18.3 Å². The summed E-state index contributed by atoms with van der Waals surface area (Å²) in [5, 5.41) is 5.24. The highest BCUT2D eigenvalue weighted by Crippen LogP contribution is 2.41. The maximum atomic E-state index is 14.0. The first-order valence-electron chi connectivity index (χ1n) is 13.5. The lowest BCUT2D eigenvalue weighted by Gasteiger charge is -2.43. The Labute approximate surface area is 234 Å². The van der Waals surface area contributed by atoms with Crippen LogP contribution in [-0.4, -0.2) is 57.8 Å². The van der Waals surface area contributed by atoms with Crippen LogP contribution in [0, 0.1) is 13.8 Å². The number of nitrogens with zero attached hydrogens (tertiary/aromatic N) is 6. The van der Waals surface area contributed by atoms with Crippen molar-refractivity contribution in [3.8, 4) is 0 Å². The van der Waals surface area contributed by atoms with Crippen molar-refractivity contribution in [2.45, 2.75) is 52.5 Å². The lowest BCUT2D eigenvalue weighted by Crippen LogP contribution is -2.55. The van der Waals surface area contributed by atoms with Crippen LogP contribution in [0.4, 0.5) is 24.0 Å². The molecule has 0 saturated carbocycles. The van der Waals surface area contributed by atoms with Crippen molar-refractivity contribution < 1.29 is 18.0 Å². The smallest absolute Gasteiger partial charge is 0.367 e. The summed E-state index contributed by atoms with van der Waals surface area (Å²) in [4.78, 5) is 24.0. The molecule has 0 unspecified atom stereocenters. The highest BCUT2D eigenvalue weighted by Gasteiger charge is 2.38. The summed E-state index contributed by atoms with van der Waals surface area (Å²) in [5.74, 6) is -0.00481. The first-order valence-corrected chi connectivity index (χ1v) is 14.3. The number of rotatable bonds is 4. The SMILES string of the molecule is Cc1cc(C)n(CC(=O)N2CCN(c3ccc(C(F)(F)F)c4c3CN(c3nc5ccccc5s3)CC4)C[C@H]2C)n1. The van der Waals surface area contributed by atoms with Crippen LogP contribution >= 0.6 is 11.3 Å². The molecule has 6 rings (SSSR count). The molecule has 210 valence electrons. The van der Waals surface area contributed by atoms with Gasteiger partial charge in [0, 0.05) is 50.1 Å². The van der Waals surface area contributed by atoms with Crippen molar-refractivity contribution in [1.82, 2.24) is 19.7 Å². The fourth-order valence-electron chi connectivity index (χ4n) is 5.98. The Morgan fingerprint density at radius 2 is 1.85 bits per heavy atom. The molecule has 1 amide bonds. The molecule has 11 heteroatoms. The molecule has 0 spiro atoms. The van der Waals surface area contributed by atoms with E-state index in [0.29, 0.717) is 50.3 Å². The molecule has 2 aromatic heterocycles. The van der Waals surface area contributed by atoms with Crippen LogP contribution < -0.4 is 9.80 Å². The Morgan fingerprint density at radius 1 is 1.05 bits per heavy atom.